The smallest absolute Gasteiger partial charge is 0.414 e. The minimum absolute atomic E-state index is 1.04. The summed E-state index contributed by atoms with van der Waals surface area (Å²) in [6, 6.07) is 17.2. The first-order valence-electron chi connectivity index (χ1n) is 9.62. The van der Waals surface area contributed by atoms with E-state index in [2.05, 4.69) is 85.4 Å². The molecule has 30 heavy (non-hydrogen) atoms. The van der Waals surface area contributed by atoms with Crippen LogP contribution in [-0.4, -0.2) is 63.1 Å². The Kier molecular flexibility index (Phi) is 7.62. The number of halogens is 1. The number of nitrogens with zero attached hydrogens (tertiary/aromatic N) is 2. The van der Waals surface area contributed by atoms with Gasteiger partial charge >= 0.3 is 11.9 Å². The summed E-state index contributed by atoms with van der Waals surface area (Å²) in [5.74, 6) is -3.65. The van der Waals surface area contributed by atoms with Gasteiger partial charge in [-0.15, -0.1) is 0 Å². The van der Waals surface area contributed by atoms with E-state index in [0.29, 0.717) is 0 Å². The predicted octanol–water partition coefficient (Wildman–Crippen LogP) is 3.40. The monoisotopic (exact) mass is 473 g/mol. The average Bonchev–Trinajstić information content (AvgIpc) is 3.14. The molecule has 0 bridgehead atoms. The number of hydrogen-bond acceptors (Lipinski definition) is 4. The number of hydrogen-bond donors (Lipinski definition) is 3. The number of fused-ring (bicyclic) bond motifs is 1. The Morgan fingerprint density at radius 2 is 1.43 bits per heavy atom. The van der Waals surface area contributed by atoms with Gasteiger partial charge in [0.2, 0.25) is 0 Å². The number of carboxylic acid groups (broad SMARTS) is 2. The van der Waals surface area contributed by atoms with Crippen molar-refractivity contribution in [3.63, 3.8) is 0 Å². The summed E-state index contributed by atoms with van der Waals surface area (Å²) in [6.45, 7) is 6.63. The van der Waals surface area contributed by atoms with Crippen LogP contribution in [-0.2, 0) is 22.7 Å². The van der Waals surface area contributed by atoms with Crippen molar-refractivity contribution in [3.8, 4) is 0 Å². The molecule has 0 amide bonds. The maximum absolute atomic E-state index is 9.10. The van der Waals surface area contributed by atoms with Crippen LogP contribution in [0.1, 0.15) is 11.1 Å². The van der Waals surface area contributed by atoms with E-state index in [0.717, 1.165) is 43.7 Å². The molecule has 0 spiro atoms. The van der Waals surface area contributed by atoms with Gasteiger partial charge in [-0.2, -0.15) is 0 Å². The van der Waals surface area contributed by atoms with Gasteiger partial charge in [0, 0.05) is 60.8 Å². The Bertz CT molecular complexity index is 983. The lowest BCUT2D eigenvalue weighted by Crippen LogP contribution is -2.45. The fourth-order valence-electron chi connectivity index (χ4n) is 3.46. The van der Waals surface area contributed by atoms with Crippen molar-refractivity contribution in [1.29, 1.82) is 0 Å². The van der Waals surface area contributed by atoms with Gasteiger partial charge in [0.25, 0.3) is 0 Å². The van der Waals surface area contributed by atoms with Gasteiger partial charge in [0.05, 0.1) is 0 Å². The zero-order valence-corrected chi connectivity index (χ0v) is 18.0. The molecule has 1 aromatic heterocycles. The van der Waals surface area contributed by atoms with E-state index >= 15 is 0 Å². The minimum atomic E-state index is -1.82. The summed E-state index contributed by atoms with van der Waals surface area (Å²) in [6.07, 6.45) is 2.17. The van der Waals surface area contributed by atoms with E-state index in [4.69, 9.17) is 19.8 Å². The van der Waals surface area contributed by atoms with Gasteiger partial charge in [0.15, 0.2) is 0 Å². The number of H-pyrrole nitrogens is 1. The molecular weight excluding hydrogens is 450 g/mol. The molecule has 0 atom stereocenters. The number of aromatic nitrogens is 1. The van der Waals surface area contributed by atoms with Crippen LogP contribution < -0.4 is 0 Å². The van der Waals surface area contributed by atoms with E-state index in [-0.39, 0.29) is 0 Å². The maximum Gasteiger partial charge on any atom is 0.414 e. The number of aliphatic carboxylic acids is 2. The summed E-state index contributed by atoms with van der Waals surface area (Å²) in [5, 5.41) is 16.1. The molecule has 3 N–H and O–H groups in total. The number of para-hydroxylation sites is 1. The third-order valence-electron chi connectivity index (χ3n) is 5.04. The number of nitrogens with one attached hydrogen (secondary N) is 1. The zero-order chi connectivity index (χ0) is 21.5. The Labute approximate surface area is 183 Å². The molecule has 0 saturated carbocycles. The van der Waals surface area contributed by atoms with E-state index in [9.17, 15) is 0 Å². The molecule has 1 saturated heterocycles. The standard InChI is InChI=1S/C20H22BrN3.C2H2O4/c21-18-7-5-16(6-8-18)14-23-9-11-24(12-10-23)15-17-13-22-20-4-2-1-3-19(17)20;3-1(4)2(5)6/h1-8,13,22H,9-12,14-15H2;(H,3,4)(H,5,6). The Hall–Kier alpha value is -2.68. The quantitative estimate of drug-likeness (QED) is 0.502. The Morgan fingerprint density at radius 3 is 2.03 bits per heavy atom. The van der Waals surface area contributed by atoms with Crippen molar-refractivity contribution in [3.05, 3.63) is 70.3 Å². The van der Waals surface area contributed by atoms with E-state index in [1.807, 2.05) is 0 Å². The fraction of sp³-hybridized carbons (Fsp3) is 0.273. The first-order chi connectivity index (χ1) is 14.4. The van der Waals surface area contributed by atoms with Gasteiger partial charge in [-0.05, 0) is 29.3 Å². The lowest BCUT2D eigenvalue weighted by molar-refractivity contribution is -0.159. The molecule has 0 aliphatic carbocycles. The second-order valence-electron chi connectivity index (χ2n) is 7.15. The van der Waals surface area contributed by atoms with Crippen molar-refractivity contribution in [2.45, 2.75) is 13.1 Å². The minimum Gasteiger partial charge on any atom is -0.473 e. The Morgan fingerprint density at radius 1 is 0.867 bits per heavy atom. The van der Waals surface area contributed by atoms with E-state index in [1.54, 1.807) is 0 Å². The van der Waals surface area contributed by atoms with Crippen molar-refractivity contribution in [2.24, 2.45) is 0 Å². The Balaban J connectivity index is 0.000000377. The molecule has 158 valence electrons. The normalized spacial score (nSPS) is 14.8. The molecule has 1 fully saturated rings. The average molecular weight is 474 g/mol. The molecule has 0 unspecified atom stereocenters. The topological polar surface area (TPSA) is 96.9 Å². The van der Waals surface area contributed by atoms with Crippen LogP contribution >= 0.6 is 15.9 Å². The lowest BCUT2D eigenvalue weighted by Gasteiger charge is -2.34. The molecule has 2 heterocycles. The summed E-state index contributed by atoms with van der Waals surface area (Å²) < 4.78 is 1.15. The first-order valence-corrected chi connectivity index (χ1v) is 10.4. The summed E-state index contributed by atoms with van der Waals surface area (Å²) in [4.78, 5) is 26.7. The van der Waals surface area contributed by atoms with Crippen molar-refractivity contribution in [1.82, 2.24) is 14.8 Å². The highest BCUT2D eigenvalue weighted by atomic mass is 79.9. The summed E-state index contributed by atoms with van der Waals surface area (Å²) in [7, 11) is 0. The highest BCUT2D eigenvalue weighted by Crippen LogP contribution is 2.20. The second-order valence-corrected chi connectivity index (χ2v) is 8.06. The fourth-order valence-corrected chi connectivity index (χ4v) is 3.72. The molecule has 1 aliphatic rings. The van der Waals surface area contributed by atoms with Crippen molar-refractivity contribution < 1.29 is 19.8 Å². The van der Waals surface area contributed by atoms with Crippen molar-refractivity contribution in [2.75, 3.05) is 26.2 Å². The molecule has 0 radical (unpaired) electrons. The maximum atomic E-state index is 9.10. The van der Waals surface area contributed by atoms with Gasteiger partial charge in [-0.1, -0.05) is 46.3 Å². The van der Waals surface area contributed by atoms with Crippen LogP contribution in [0.4, 0.5) is 0 Å². The van der Waals surface area contributed by atoms with Gasteiger partial charge in [0.1, 0.15) is 0 Å². The highest BCUT2D eigenvalue weighted by molar-refractivity contribution is 9.10. The molecule has 7 nitrogen and oxygen atoms in total. The highest BCUT2D eigenvalue weighted by Gasteiger charge is 2.18. The molecule has 2 aromatic carbocycles. The molecule has 3 aromatic rings. The third-order valence-corrected chi connectivity index (χ3v) is 5.56. The van der Waals surface area contributed by atoms with Gasteiger partial charge in [-0.3, -0.25) is 9.80 Å². The molecule has 4 rings (SSSR count). The van der Waals surface area contributed by atoms with Gasteiger partial charge in [-0.25, -0.2) is 9.59 Å². The largest absolute Gasteiger partial charge is 0.473 e. The second kappa shape index (κ2) is 10.4. The SMILES string of the molecule is Brc1ccc(CN2CCN(Cc3c[nH]c4ccccc34)CC2)cc1.O=C(O)C(=O)O. The first kappa shape index (κ1) is 22.0. The van der Waals surface area contributed by atoms with Gasteiger partial charge < -0.3 is 15.2 Å². The molecular formula is C22H24BrN3O4. The molecule has 8 heteroatoms. The van der Waals surface area contributed by atoms with E-state index < -0.39 is 11.9 Å². The van der Waals surface area contributed by atoms with E-state index in [1.165, 1.54) is 22.0 Å². The number of carboxylic acids is 2. The third kappa shape index (κ3) is 6.16. The number of piperazine rings is 1. The van der Waals surface area contributed by atoms with Crippen molar-refractivity contribution >= 4 is 38.8 Å². The number of aromatic amines is 1. The zero-order valence-electron chi connectivity index (χ0n) is 16.4. The van der Waals surface area contributed by atoms with Crippen LogP contribution in [0.2, 0.25) is 0 Å². The molecule has 1 aliphatic heterocycles. The predicted molar refractivity (Wildman–Crippen MR) is 118 cm³/mol. The van der Waals surface area contributed by atoms with Crippen LogP contribution in [0, 0.1) is 0 Å². The number of benzene rings is 2. The van der Waals surface area contributed by atoms with Crippen LogP contribution in [0.15, 0.2) is 59.2 Å². The van der Waals surface area contributed by atoms with Crippen LogP contribution in [0.25, 0.3) is 10.9 Å². The summed E-state index contributed by atoms with van der Waals surface area (Å²) in [5.41, 5.74) is 4.04. The lowest BCUT2D eigenvalue weighted by atomic mass is 10.1. The number of rotatable bonds is 4. The summed E-state index contributed by atoms with van der Waals surface area (Å²) >= 11 is 3.50. The number of carbonyl (C=O) groups is 2. The van der Waals surface area contributed by atoms with Crippen LogP contribution in [0.3, 0.4) is 0 Å². The van der Waals surface area contributed by atoms with Crippen LogP contribution in [0.5, 0.6) is 0 Å².